The maximum Gasteiger partial charge on any atom is 0.249 e. The van der Waals surface area contributed by atoms with Gasteiger partial charge in [-0.05, 0) is 51.6 Å². The smallest absolute Gasteiger partial charge is 0.249 e. The van der Waals surface area contributed by atoms with Gasteiger partial charge in [-0.25, -0.2) is 0 Å². The highest BCUT2D eigenvalue weighted by Crippen LogP contribution is 2.15. The Morgan fingerprint density at radius 1 is 1.44 bits per heavy atom. The van der Waals surface area contributed by atoms with Crippen LogP contribution in [0.1, 0.15) is 32.6 Å². The molecule has 0 saturated carbocycles. The third-order valence-electron chi connectivity index (χ3n) is 3.65. The average molecular weight is 226 g/mol. The van der Waals surface area contributed by atoms with E-state index < -0.39 is 0 Å². The molecule has 4 heteroatoms. The lowest BCUT2D eigenvalue weighted by Gasteiger charge is -2.26. The van der Waals surface area contributed by atoms with Crippen LogP contribution in [0.25, 0.3) is 0 Å². The van der Waals surface area contributed by atoms with E-state index in [0.717, 1.165) is 45.4 Å². The molecule has 0 spiro atoms. The van der Waals surface area contributed by atoms with Crippen molar-refractivity contribution in [1.82, 2.24) is 10.6 Å². The topological polar surface area (TPSA) is 50.4 Å². The van der Waals surface area contributed by atoms with E-state index in [0.29, 0.717) is 5.92 Å². The molecule has 2 aliphatic heterocycles. The molecular formula is C12H22N2O2. The van der Waals surface area contributed by atoms with Crippen LogP contribution in [0.3, 0.4) is 0 Å². The molecule has 4 nitrogen and oxygen atoms in total. The Bertz CT molecular complexity index is 233. The Morgan fingerprint density at radius 3 is 2.94 bits per heavy atom. The van der Waals surface area contributed by atoms with Crippen LogP contribution in [0.15, 0.2) is 0 Å². The monoisotopic (exact) mass is 226 g/mol. The Balaban J connectivity index is 1.76. The highest BCUT2D eigenvalue weighted by atomic mass is 16.5. The van der Waals surface area contributed by atoms with Gasteiger partial charge < -0.3 is 15.4 Å². The summed E-state index contributed by atoms with van der Waals surface area (Å²) in [7, 11) is 0. The maximum absolute atomic E-state index is 11.9. The predicted molar refractivity (Wildman–Crippen MR) is 62.2 cm³/mol. The van der Waals surface area contributed by atoms with Crippen LogP contribution < -0.4 is 10.6 Å². The van der Waals surface area contributed by atoms with Crippen LogP contribution in [0, 0.1) is 5.92 Å². The minimum atomic E-state index is -0.203. The quantitative estimate of drug-likeness (QED) is 0.743. The van der Waals surface area contributed by atoms with E-state index in [1.807, 2.05) is 0 Å². The summed E-state index contributed by atoms with van der Waals surface area (Å²) in [5.41, 5.74) is 0. The Morgan fingerprint density at radius 2 is 2.31 bits per heavy atom. The van der Waals surface area contributed by atoms with E-state index in [2.05, 4.69) is 17.6 Å². The summed E-state index contributed by atoms with van der Waals surface area (Å²) in [6.45, 7) is 4.92. The molecule has 0 aliphatic carbocycles. The molecule has 3 atom stereocenters. The molecule has 0 aromatic carbocycles. The van der Waals surface area contributed by atoms with Gasteiger partial charge in [-0.3, -0.25) is 4.79 Å². The minimum Gasteiger partial charge on any atom is -0.368 e. The van der Waals surface area contributed by atoms with Gasteiger partial charge in [0.05, 0.1) is 0 Å². The summed E-state index contributed by atoms with van der Waals surface area (Å²) in [6, 6.07) is 0.257. The van der Waals surface area contributed by atoms with E-state index >= 15 is 0 Å². The van der Waals surface area contributed by atoms with Gasteiger partial charge >= 0.3 is 0 Å². The summed E-state index contributed by atoms with van der Waals surface area (Å²) in [5.74, 6) is 0.659. The second-order valence-electron chi connectivity index (χ2n) is 4.91. The lowest BCUT2D eigenvalue weighted by atomic mass is 10.00. The number of ether oxygens (including phenoxy) is 1. The van der Waals surface area contributed by atoms with Crippen LogP contribution in [-0.4, -0.2) is 37.7 Å². The lowest BCUT2D eigenvalue weighted by molar-refractivity contribution is -0.136. The SMILES string of the molecule is CC(NC(=O)C1CCCCO1)C1CCNC1. The fourth-order valence-electron chi connectivity index (χ4n) is 2.49. The Hall–Kier alpha value is -0.610. The highest BCUT2D eigenvalue weighted by Gasteiger charge is 2.27. The van der Waals surface area contributed by atoms with E-state index in [4.69, 9.17) is 4.74 Å². The van der Waals surface area contributed by atoms with Crippen LogP contribution >= 0.6 is 0 Å². The summed E-state index contributed by atoms with van der Waals surface area (Å²) in [5, 5.41) is 6.41. The predicted octanol–water partition coefficient (Wildman–Crippen LogP) is 0.670. The first-order valence-electron chi connectivity index (χ1n) is 6.40. The van der Waals surface area contributed by atoms with Gasteiger partial charge in [-0.15, -0.1) is 0 Å². The van der Waals surface area contributed by atoms with Crippen molar-refractivity contribution < 1.29 is 9.53 Å². The molecule has 3 unspecified atom stereocenters. The zero-order valence-electron chi connectivity index (χ0n) is 10.00. The first kappa shape index (κ1) is 11.9. The molecule has 2 N–H and O–H groups in total. The number of amides is 1. The number of hydrogen-bond donors (Lipinski definition) is 2. The molecule has 2 saturated heterocycles. The van der Waals surface area contributed by atoms with E-state index in [1.165, 1.54) is 0 Å². The average Bonchev–Trinajstić information content (AvgIpc) is 2.83. The van der Waals surface area contributed by atoms with Crippen molar-refractivity contribution in [3.05, 3.63) is 0 Å². The molecule has 16 heavy (non-hydrogen) atoms. The summed E-state index contributed by atoms with van der Waals surface area (Å²) in [4.78, 5) is 11.9. The first-order chi connectivity index (χ1) is 7.77. The first-order valence-corrected chi connectivity index (χ1v) is 6.40. The zero-order valence-corrected chi connectivity index (χ0v) is 10.00. The number of carbonyl (C=O) groups is 1. The van der Waals surface area contributed by atoms with Crippen molar-refractivity contribution >= 4 is 5.91 Å². The van der Waals surface area contributed by atoms with Gasteiger partial charge in [-0.1, -0.05) is 0 Å². The molecule has 0 radical (unpaired) electrons. The van der Waals surface area contributed by atoms with Crippen molar-refractivity contribution in [2.75, 3.05) is 19.7 Å². The molecular weight excluding hydrogens is 204 g/mol. The van der Waals surface area contributed by atoms with Gasteiger partial charge in [0.15, 0.2) is 0 Å². The normalized spacial score (nSPS) is 32.3. The van der Waals surface area contributed by atoms with Crippen molar-refractivity contribution in [3.8, 4) is 0 Å². The molecule has 0 bridgehead atoms. The summed E-state index contributed by atoms with van der Waals surface area (Å²) in [6.07, 6.45) is 4.03. The Kier molecular flexibility index (Phi) is 4.18. The number of rotatable bonds is 3. The molecule has 2 fully saturated rings. The molecule has 1 amide bonds. The second-order valence-corrected chi connectivity index (χ2v) is 4.91. The Labute approximate surface area is 97.1 Å². The second kappa shape index (κ2) is 5.64. The lowest BCUT2D eigenvalue weighted by Crippen LogP contribution is -2.45. The van der Waals surface area contributed by atoms with Crippen LogP contribution in [0.4, 0.5) is 0 Å². The summed E-state index contributed by atoms with van der Waals surface area (Å²) < 4.78 is 5.48. The standard InChI is InChI=1S/C12H22N2O2/c1-9(10-5-6-13-8-10)14-12(15)11-4-2-3-7-16-11/h9-11,13H,2-8H2,1H3,(H,14,15). The molecule has 92 valence electrons. The van der Waals surface area contributed by atoms with Crippen LogP contribution in [-0.2, 0) is 9.53 Å². The van der Waals surface area contributed by atoms with Gasteiger partial charge in [0.1, 0.15) is 6.10 Å². The third kappa shape index (κ3) is 2.95. The minimum absolute atomic E-state index is 0.0825. The molecule has 2 rings (SSSR count). The van der Waals surface area contributed by atoms with Gasteiger partial charge in [0.2, 0.25) is 5.91 Å². The van der Waals surface area contributed by atoms with E-state index in [9.17, 15) is 4.79 Å². The van der Waals surface area contributed by atoms with Crippen LogP contribution in [0.5, 0.6) is 0 Å². The van der Waals surface area contributed by atoms with E-state index in [1.54, 1.807) is 0 Å². The van der Waals surface area contributed by atoms with Crippen molar-refractivity contribution in [2.24, 2.45) is 5.92 Å². The van der Waals surface area contributed by atoms with Crippen molar-refractivity contribution in [2.45, 2.75) is 44.8 Å². The number of carbonyl (C=O) groups excluding carboxylic acids is 1. The van der Waals surface area contributed by atoms with Crippen molar-refractivity contribution in [3.63, 3.8) is 0 Å². The molecule has 2 heterocycles. The molecule has 0 aromatic rings. The van der Waals surface area contributed by atoms with Crippen molar-refractivity contribution in [1.29, 1.82) is 0 Å². The third-order valence-corrected chi connectivity index (χ3v) is 3.65. The fourth-order valence-corrected chi connectivity index (χ4v) is 2.49. The molecule has 2 aliphatic rings. The fraction of sp³-hybridized carbons (Fsp3) is 0.917. The van der Waals surface area contributed by atoms with E-state index in [-0.39, 0.29) is 18.1 Å². The highest BCUT2D eigenvalue weighted by molar-refractivity contribution is 5.81. The maximum atomic E-state index is 11.9. The summed E-state index contributed by atoms with van der Waals surface area (Å²) >= 11 is 0. The van der Waals surface area contributed by atoms with Gasteiger partial charge in [-0.2, -0.15) is 0 Å². The zero-order chi connectivity index (χ0) is 11.4. The largest absolute Gasteiger partial charge is 0.368 e. The molecule has 0 aromatic heterocycles. The number of hydrogen-bond acceptors (Lipinski definition) is 3. The number of nitrogens with one attached hydrogen (secondary N) is 2. The van der Waals surface area contributed by atoms with Crippen LogP contribution in [0.2, 0.25) is 0 Å². The van der Waals surface area contributed by atoms with Gasteiger partial charge in [0.25, 0.3) is 0 Å². The van der Waals surface area contributed by atoms with Gasteiger partial charge in [0, 0.05) is 12.6 Å².